The van der Waals surface area contributed by atoms with E-state index >= 15 is 0 Å². The minimum Gasteiger partial charge on any atom is -0.478 e. The van der Waals surface area contributed by atoms with Gasteiger partial charge in [-0.2, -0.15) is 4.31 Å². The summed E-state index contributed by atoms with van der Waals surface area (Å²) in [7, 11) is -3.85. The quantitative estimate of drug-likeness (QED) is 0.409. The van der Waals surface area contributed by atoms with Crippen molar-refractivity contribution in [3.63, 3.8) is 0 Å². The van der Waals surface area contributed by atoms with Crippen LogP contribution in [0.5, 0.6) is 0 Å². The molecule has 1 N–H and O–H groups in total. The number of aromatic carboxylic acids is 1. The van der Waals surface area contributed by atoms with Gasteiger partial charge >= 0.3 is 5.97 Å². The number of carboxylic acids is 1. The van der Waals surface area contributed by atoms with Gasteiger partial charge < -0.3 is 14.9 Å². The molecule has 3 aliphatic heterocycles. The van der Waals surface area contributed by atoms with Gasteiger partial charge in [-0.3, -0.25) is 4.79 Å². The van der Waals surface area contributed by atoms with E-state index in [0.717, 1.165) is 6.07 Å². The molecule has 220 valence electrons. The molecule has 0 aliphatic carbocycles. The zero-order valence-electron chi connectivity index (χ0n) is 22.8. The van der Waals surface area contributed by atoms with Crippen molar-refractivity contribution in [2.45, 2.75) is 48.6 Å². The molecule has 11 heteroatoms. The number of hydrogen-bond acceptors (Lipinski definition) is 5. The molecular formula is C31H31ClFN3O5S. The molecule has 42 heavy (non-hydrogen) atoms. The molecule has 3 fully saturated rings. The number of likely N-dealkylation sites (tertiary alicyclic amines) is 1. The number of carboxylic acid groups (broad SMARTS) is 1. The van der Waals surface area contributed by atoms with Crippen LogP contribution < -0.4 is 4.90 Å². The molecule has 0 unspecified atom stereocenters. The summed E-state index contributed by atoms with van der Waals surface area (Å²) in [5.74, 6) is -1.70. The Morgan fingerprint density at radius 2 is 1.50 bits per heavy atom. The highest BCUT2D eigenvalue weighted by atomic mass is 35.5. The summed E-state index contributed by atoms with van der Waals surface area (Å²) in [6.07, 6.45) is 2.85. The lowest BCUT2D eigenvalue weighted by atomic mass is 9.90. The van der Waals surface area contributed by atoms with E-state index in [2.05, 4.69) is 12.1 Å². The highest BCUT2D eigenvalue weighted by Gasteiger charge is 2.43. The molecule has 3 heterocycles. The third-order valence-corrected chi connectivity index (χ3v) is 11.0. The van der Waals surface area contributed by atoms with E-state index in [4.69, 9.17) is 11.6 Å². The van der Waals surface area contributed by atoms with Gasteiger partial charge in [0.25, 0.3) is 5.91 Å². The molecule has 0 aromatic heterocycles. The van der Waals surface area contributed by atoms with Crippen molar-refractivity contribution in [1.29, 1.82) is 0 Å². The Balaban J connectivity index is 1.24. The highest BCUT2D eigenvalue weighted by Crippen LogP contribution is 2.39. The molecule has 3 aromatic carbocycles. The van der Waals surface area contributed by atoms with Gasteiger partial charge in [0.1, 0.15) is 5.82 Å². The van der Waals surface area contributed by atoms with Crippen LogP contribution in [0.3, 0.4) is 0 Å². The molecule has 0 spiro atoms. The van der Waals surface area contributed by atoms with E-state index in [1.165, 1.54) is 40.2 Å². The van der Waals surface area contributed by atoms with E-state index in [1.54, 1.807) is 4.90 Å². The van der Waals surface area contributed by atoms with Gasteiger partial charge in [0.15, 0.2) is 0 Å². The van der Waals surface area contributed by atoms with Crippen molar-refractivity contribution in [1.82, 2.24) is 9.21 Å². The maximum atomic E-state index is 13.7. The standard InChI is InChI=1S/C31H31ClFN3O5S/c32-28-16-22(33)6-10-26(28)30(37)34-18-23-7-8-24(19-34)36(23)29-17-25(9-11-27(29)31(38)39)42(40,41)35-14-12-21(13-15-35)20-4-2-1-3-5-20/h1-6,9-11,16-17,21,23-24H,7-8,12-15,18-19H2,(H,38,39)/t23-,24+. The summed E-state index contributed by atoms with van der Waals surface area (Å²) in [4.78, 5) is 29.2. The van der Waals surface area contributed by atoms with E-state index in [-0.39, 0.29) is 39.0 Å². The summed E-state index contributed by atoms with van der Waals surface area (Å²) in [6.45, 7) is 1.39. The minimum absolute atomic E-state index is 0.0231. The number of benzene rings is 3. The Morgan fingerprint density at radius 3 is 2.12 bits per heavy atom. The van der Waals surface area contributed by atoms with E-state index in [9.17, 15) is 27.5 Å². The predicted molar refractivity (Wildman–Crippen MR) is 157 cm³/mol. The number of piperazine rings is 1. The molecule has 1 amide bonds. The first kappa shape index (κ1) is 28.6. The summed E-state index contributed by atoms with van der Waals surface area (Å²) >= 11 is 6.15. The largest absolute Gasteiger partial charge is 0.478 e. The second-order valence-electron chi connectivity index (χ2n) is 11.2. The number of anilines is 1. The molecule has 6 rings (SSSR count). The van der Waals surface area contributed by atoms with Gasteiger partial charge in [-0.05, 0) is 73.6 Å². The number of piperidine rings is 1. The average molecular weight is 612 g/mol. The number of amides is 1. The number of rotatable bonds is 6. The van der Waals surface area contributed by atoms with Crippen LogP contribution >= 0.6 is 11.6 Å². The van der Waals surface area contributed by atoms with Crippen LogP contribution in [0.4, 0.5) is 10.1 Å². The lowest BCUT2D eigenvalue weighted by molar-refractivity contribution is 0.0687. The first-order chi connectivity index (χ1) is 20.1. The third-order valence-electron chi connectivity index (χ3n) is 8.77. The SMILES string of the molecule is O=C(O)c1ccc(S(=O)(=O)N2CCC(c3ccccc3)CC2)cc1N1[C@@H]2CC[C@H]1CN(C(=O)c1ccc(F)cc1Cl)C2. The second-order valence-corrected chi connectivity index (χ2v) is 13.5. The molecule has 3 saturated heterocycles. The Bertz CT molecular complexity index is 1610. The van der Waals surface area contributed by atoms with Crippen LogP contribution in [0.1, 0.15) is 57.9 Å². The van der Waals surface area contributed by atoms with Crippen LogP contribution in [-0.4, -0.2) is 72.9 Å². The van der Waals surface area contributed by atoms with Gasteiger partial charge in [-0.15, -0.1) is 0 Å². The molecule has 2 atom stereocenters. The van der Waals surface area contributed by atoms with Crippen molar-refractivity contribution in [2.24, 2.45) is 0 Å². The maximum Gasteiger partial charge on any atom is 0.337 e. The van der Waals surface area contributed by atoms with E-state index in [1.807, 2.05) is 23.1 Å². The molecular weight excluding hydrogens is 581 g/mol. The molecule has 3 aromatic rings. The number of hydrogen-bond donors (Lipinski definition) is 1. The molecule has 0 radical (unpaired) electrons. The van der Waals surface area contributed by atoms with Crippen molar-refractivity contribution in [3.05, 3.63) is 94.3 Å². The number of nitrogens with zero attached hydrogens (tertiary/aromatic N) is 3. The Labute approximate surface area is 249 Å². The topological polar surface area (TPSA) is 98.2 Å². The number of carbonyl (C=O) groups is 2. The van der Waals surface area contributed by atoms with Gasteiger partial charge in [0.2, 0.25) is 10.0 Å². The van der Waals surface area contributed by atoms with Crippen LogP contribution in [-0.2, 0) is 10.0 Å². The first-order valence-corrected chi connectivity index (χ1v) is 15.9. The zero-order valence-corrected chi connectivity index (χ0v) is 24.4. The third kappa shape index (κ3) is 5.27. The van der Waals surface area contributed by atoms with Crippen LogP contribution in [0, 0.1) is 5.82 Å². The van der Waals surface area contributed by atoms with Gasteiger partial charge in [-0.25, -0.2) is 17.6 Å². The zero-order chi connectivity index (χ0) is 29.6. The lowest BCUT2D eigenvalue weighted by Gasteiger charge is -2.43. The van der Waals surface area contributed by atoms with Crippen LogP contribution in [0.2, 0.25) is 5.02 Å². The fourth-order valence-electron chi connectivity index (χ4n) is 6.67. The van der Waals surface area contributed by atoms with Crippen molar-refractivity contribution >= 4 is 39.2 Å². The fourth-order valence-corrected chi connectivity index (χ4v) is 8.40. The first-order valence-electron chi connectivity index (χ1n) is 14.1. The minimum atomic E-state index is -3.85. The van der Waals surface area contributed by atoms with Crippen LogP contribution in [0.15, 0.2) is 71.6 Å². The number of carbonyl (C=O) groups excluding carboxylic acids is 1. The summed E-state index contributed by atoms with van der Waals surface area (Å²) in [5.41, 5.74) is 1.79. The average Bonchev–Trinajstić information content (AvgIpc) is 3.25. The lowest BCUT2D eigenvalue weighted by Crippen LogP contribution is -2.56. The Morgan fingerprint density at radius 1 is 0.857 bits per heavy atom. The Kier molecular flexibility index (Phi) is 7.72. The van der Waals surface area contributed by atoms with E-state index in [0.29, 0.717) is 63.5 Å². The molecule has 0 saturated carbocycles. The number of sulfonamides is 1. The van der Waals surface area contributed by atoms with Crippen molar-refractivity contribution in [2.75, 3.05) is 31.1 Å². The number of fused-ring (bicyclic) bond motifs is 2. The summed E-state index contributed by atoms with van der Waals surface area (Å²) in [6, 6.07) is 17.6. The van der Waals surface area contributed by atoms with Gasteiger partial charge in [0, 0.05) is 38.3 Å². The number of halogens is 2. The van der Waals surface area contributed by atoms with Crippen LogP contribution in [0.25, 0.3) is 0 Å². The highest BCUT2D eigenvalue weighted by molar-refractivity contribution is 7.89. The van der Waals surface area contributed by atoms with Gasteiger partial charge in [0.05, 0.1) is 26.7 Å². The second kappa shape index (κ2) is 11.3. The molecule has 8 nitrogen and oxygen atoms in total. The predicted octanol–water partition coefficient (Wildman–Crippen LogP) is 5.24. The smallest absolute Gasteiger partial charge is 0.337 e. The Hall–Kier alpha value is -3.47. The van der Waals surface area contributed by atoms with Crippen molar-refractivity contribution < 1.29 is 27.5 Å². The molecule has 2 bridgehead atoms. The monoisotopic (exact) mass is 611 g/mol. The normalized spacial score (nSPS) is 21.5. The fraction of sp³-hybridized carbons (Fsp3) is 0.355. The van der Waals surface area contributed by atoms with E-state index < -0.39 is 21.8 Å². The summed E-state index contributed by atoms with van der Waals surface area (Å²) in [5, 5.41) is 10.1. The van der Waals surface area contributed by atoms with Gasteiger partial charge in [-0.1, -0.05) is 41.9 Å². The van der Waals surface area contributed by atoms with Crippen molar-refractivity contribution in [3.8, 4) is 0 Å². The maximum absolute atomic E-state index is 13.7. The molecule has 3 aliphatic rings. The summed E-state index contributed by atoms with van der Waals surface area (Å²) < 4.78 is 42.5.